The van der Waals surface area contributed by atoms with Crippen LogP contribution in [0.2, 0.25) is 16.6 Å². The molecule has 0 saturated carbocycles. The highest BCUT2D eigenvalue weighted by molar-refractivity contribution is 6.78. The summed E-state index contributed by atoms with van der Waals surface area (Å²) < 4.78 is 24.7. The Kier molecular flexibility index (Phi) is 9.11. The number of benzene rings is 1. The first-order valence-corrected chi connectivity index (χ1v) is 14.7. The number of carbonyl (C=O) groups is 1. The molecule has 1 aromatic carbocycles. The number of hydrogen-bond acceptors (Lipinski definition) is 6. The fourth-order valence-electron chi connectivity index (χ4n) is 5.22. The number of methoxy groups -OCH3 is 1. The van der Waals surface area contributed by atoms with E-state index in [-0.39, 0.29) is 5.97 Å². The third-order valence-electron chi connectivity index (χ3n) is 7.79. The molecular formula is C26H46BNO5Si. The van der Waals surface area contributed by atoms with E-state index in [9.17, 15) is 4.79 Å². The Morgan fingerprint density at radius 3 is 1.88 bits per heavy atom. The van der Waals surface area contributed by atoms with Crippen LogP contribution in [0.5, 0.6) is 5.75 Å². The van der Waals surface area contributed by atoms with E-state index in [1.807, 2.05) is 0 Å². The summed E-state index contributed by atoms with van der Waals surface area (Å²) in [5, 5.41) is 3.07. The van der Waals surface area contributed by atoms with Crippen molar-refractivity contribution in [1.82, 2.24) is 5.32 Å². The Labute approximate surface area is 208 Å². The first-order chi connectivity index (χ1) is 15.6. The Hall–Kier alpha value is -1.35. The lowest BCUT2D eigenvalue weighted by molar-refractivity contribution is -0.142. The van der Waals surface area contributed by atoms with Crippen LogP contribution < -0.4 is 15.2 Å². The average Bonchev–Trinajstić information content (AvgIpc) is 2.95. The van der Waals surface area contributed by atoms with Crippen molar-refractivity contribution in [2.24, 2.45) is 0 Å². The molecule has 0 bridgehead atoms. The predicted octanol–water partition coefficient (Wildman–Crippen LogP) is 4.84. The molecule has 1 aliphatic heterocycles. The Balaban J connectivity index is 2.57. The summed E-state index contributed by atoms with van der Waals surface area (Å²) in [6, 6.07) is 5.74. The van der Waals surface area contributed by atoms with Crippen molar-refractivity contribution < 1.29 is 23.3 Å². The molecule has 8 heteroatoms. The molecule has 1 saturated heterocycles. The molecule has 0 aliphatic carbocycles. The minimum absolute atomic E-state index is 0.290. The van der Waals surface area contributed by atoms with Crippen LogP contribution in [0.3, 0.4) is 0 Å². The normalized spacial score (nSPS) is 18.6. The van der Waals surface area contributed by atoms with Crippen LogP contribution in [0.25, 0.3) is 0 Å². The summed E-state index contributed by atoms with van der Waals surface area (Å²) in [6.07, 6.45) is 0.479. The van der Waals surface area contributed by atoms with Gasteiger partial charge in [0.25, 0.3) is 8.32 Å². The molecule has 2 rings (SSSR count). The van der Waals surface area contributed by atoms with Gasteiger partial charge in [0.05, 0.1) is 18.3 Å². The summed E-state index contributed by atoms with van der Waals surface area (Å²) in [5.74, 6) is 0.533. The van der Waals surface area contributed by atoms with Gasteiger partial charge in [0.15, 0.2) is 0 Å². The largest absolute Gasteiger partial charge is 0.543 e. The maximum Gasteiger partial charge on any atom is 0.494 e. The molecule has 0 radical (unpaired) electrons. The number of likely N-dealkylation sites (N-methyl/N-ethyl adjacent to an activating group) is 1. The van der Waals surface area contributed by atoms with E-state index in [4.69, 9.17) is 18.5 Å². The lowest BCUT2D eigenvalue weighted by Crippen LogP contribution is -2.51. The molecule has 1 fully saturated rings. The second kappa shape index (κ2) is 10.7. The smallest absolute Gasteiger partial charge is 0.494 e. The zero-order valence-corrected chi connectivity index (χ0v) is 24.4. The van der Waals surface area contributed by atoms with Gasteiger partial charge in [-0.1, -0.05) is 47.6 Å². The summed E-state index contributed by atoms with van der Waals surface area (Å²) >= 11 is 0. The van der Waals surface area contributed by atoms with Gasteiger partial charge in [-0.15, -0.1) is 0 Å². The van der Waals surface area contributed by atoms with Crippen molar-refractivity contribution in [2.45, 2.75) is 110 Å². The van der Waals surface area contributed by atoms with E-state index in [0.717, 1.165) is 16.8 Å². The van der Waals surface area contributed by atoms with Crippen LogP contribution in [-0.2, 0) is 25.3 Å². The Morgan fingerprint density at radius 2 is 1.47 bits per heavy atom. The number of nitrogens with one attached hydrogen (secondary N) is 1. The minimum atomic E-state index is -2.18. The molecule has 0 spiro atoms. The molecule has 6 nitrogen and oxygen atoms in total. The zero-order valence-electron chi connectivity index (χ0n) is 23.4. The first kappa shape index (κ1) is 28.9. The summed E-state index contributed by atoms with van der Waals surface area (Å²) in [6.45, 7) is 21.9. The molecule has 0 unspecified atom stereocenters. The first-order valence-electron chi connectivity index (χ1n) is 12.5. The molecule has 34 heavy (non-hydrogen) atoms. The molecule has 1 N–H and O–H groups in total. The number of ether oxygens (including phenoxy) is 1. The van der Waals surface area contributed by atoms with Gasteiger partial charge in [-0.25, -0.2) is 0 Å². The topological polar surface area (TPSA) is 66.0 Å². The number of carbonyl (C=O) groups excluding carboxylic acids is 1. The van der Waals surface area contributed by atoms with Crippen LogP contribution in [0.4, 0.5) is 0 Å². The molecular weight excluding hydrogens is 445 g/mol. The summed E-state index contributed by atoms with van der Waals surface area (Å²) in [7, 11) is 0.498. The van der Waals surface area contributed by atoms with Gasteiger partial charge in [0, 0.05) is 0 Å². The summed E-state index contributed by atoms with van der Waals surface area (Å²) in [5.41, 5.74) is 2.32. The molecule has 1 atom stereocenters. The monoisotopic (exact) mass is 491 g/mol. The maximum atomic E-state index is 12.3. The van der Waals surface area contributed by atoms with Crippen LogP contribution >= 0.6 is 0 Å². The van der Waals surface area contributed by atoms with Gasteiger partial charge in [0.1, 0.15) is 11.8 Å². The lowest BCUT2D eigenvalue weighted by Gasteiger charge is -2.42. The Morgan fingerprint density at radius 1 is 0.971 bits per heavy atom. The van der Waals surface area contributed by atoms with E-state index in [0.29, 0.717) is 23.0 Å². The van der Waals surface area contributed by atoms with Gasteiger partial charge >= 0.3 is 13.1 Å². The fourth-order valence-corrected chi connectivity index (χ4v) is 10.5. The highest BCUT2D eigenvalue weighted by atomic mass is 28.4. The number of esters is 1. The number of rotatable bonds is 10. The third kappa shape index (κ3) is 5.72. The lowest BCUT2D eigenvalue weighted by atomic mass is 9.78. The van der Waals surface area contributed by atoms with Gasteiger partial charge in [-0.05, 0) is 80.9 Å². The van der Waals surface area contributed by atoms with E-state index >= 15 is 0 Å². The quantitative estimate of drug-likeness (QED) is 0.373. The van der Waals surface area contributed by atoms with E-state index in [1.54, 1.807) is 7.05 Å². The zero-order chi connectivity index (χ0) is 26.1. The van der Waals surface area contributed by atoms with Crippen LogP contribution in [0, 0.1) is 0 Å². The molecule has 0 amide bonds. The van der Waals surface area contributed by atoms with Crippen molar-refractivity contribution in [3.63, 3.8) is 0 Å². The highest BCUT2D eigenvalue weighted by Crippen LogP contribution is 2.43. The SMILES string of the molecule is CN[C@@H](Cc1cc(O[Si](C(C)C)(C(C)C)C(C)C)cc(B2OC(C)(C)C(C)(C)O2)c1)C(=O)OC. The van der Waals surface area contributed by atoms with E-state index in [2.05, 4.69) is 92.8 Å². The second-order valence-electron chi connectivity index (χ2n) is 11.5. The molecule has 1 heterocycles. The highest BCUT2D eigenvalue weighted by Gasteiger charge is 2.52. The van der Waals surface area contributed by atoms with Gasteiger partial charge in [0.2, 0.25) is 0 Å². The average molecular weight is 492 g/mol. The molecule has 1 aliphatic rings. The van der Waals surface area contributed by atoms with Crippen molar-refractivity contribution in [2.75, 3.05) is 14.2 Å². The standard InChI is InChI=1S/C26H46BNO5Si/c1-17(2)34(18(3)4,19(5)6)31-22-14-20(15-23(28-11)24(29)30-12)13-21(16-22)27-32-25(7,8)26(9,10)33-27/h13-14,16-19,23,28H,15H2,1-12H3/t23-/m0/s1. The molecule has 0 aromatic heterocycles. The summed E-state index contributed by atoms with van der Waals surface area (Å²) in [4.78, 5) is 12.3. The Bertz CT molecular complexity index is 818. The molecule has 1 aromatic rings. The van der Waals surface area contributed by atoms with Gasteiger partial charge in [-0.2, -0.15) is 0 Å². The number of hydrogen-bond donors (Lipinski definition) is 1. The third-order valence-corrected chi connectivity index (χ3v) is 13.8. The second-order valence-corrected chi connectivity index (χ2v) is 16.9. The van der Waals surface area contributed by atoms with Crippen LogP contribution in [0.15, 0.2) is 18.2 Å². The van der Waals surface area contributed by atoms with E-state index in [1.165, 1.54) is 7.11 Å². The maximum absolute atomic E-state index is 12.3. The van der Waals surface area contributed by atoms with Crippen LogP contribution in [0.1, 0.15) is 74.8 Å². The van der Waals surface area contributed by atoms with Crippen molar-refractivity contribution in [3.8, 4) is 5.75 Å². The van der Waals surface area contributed by atoms with Crippen molar-refractivity contribution >= 4 is 26.9 Å². The van der Waals surface area contributed by atoms with Crippen molar-refractivity contribution in [1.29, 1.82) is 0 Å². The van der Waals surface area contributed by atoms with E-state index < -0.39 is 32.7 Å². The van der Waals surface area contributed by atoms with Crippen LogP contribution in [-0.4, -0.2) is 52.8 Å². The minimum Gasteiger partial charge on any atom is -0.543 e. The predicted molar refractivity (Wildman–Crippen MR) is 142 cm³/mol. The van der Waals surface area contributed by atoms with Crippen molar-refractivity contribution in [3.05, 3.63) is 23.8 Å². The fraction of sp³-hybridized carbons (Fsp3) is 0.731. The van der Waals surface area contributed by atoms with Gasteiger partial charge in [-0.3, -0.25) is 4.79 Å². The van der Waals surface area contributed by atoms with Gasteiger partial charge < -0.3 is 23.8 Å². The molecule has 192 valence electrons.